The summed E-state index contributed by atoms with van der Waals surface area (Å²) in [4.78, 5) is 35.4. The lowest BCUT2D eigenvalue weighted by atomic mass is 10.1. The van der Waals surface area contributed by atoms with Gasteiger partial charge in [0.2, 0.25) is 0 Å². The highest BCUT2D eigenvalue weighted by atomic mass is 35.5. The minimum Gasteiger partial charge on any atom is -0.451 e. The van der Waals surface area contributed by atoms with Crippen LogP contribution in [0.5, 0.6) is 0 Å². The van der Waals surface area contributed by atoms with Crippen molar-refractivity contribution in [1.29, 1.82) is 0 Å². The molecule has 2 aromatic carbocycles. The highest BCUT2D eigenvalue weighted by Crippen LogP contribution is 2.23. The van der Waals surface area contributed by atoms with Crippen molar-refractivity contribution in [2.45, 2.75) is 0 Å². The molecule has 0 aliphatic heterocycles. The fourth-order valence-corrected chi connectivity index (χ4v) is 2.61. The maximum Gasteiger partial charge on any atom is 0.357 e. The minimum absolute atomic E-state index is 0.133. The number of aromatic nitrogens is 2. The van der Waals surface area contributed by atoms with Crippen LogP contribution in [0.3, 0.4) is 0 Å². The maximum absolute atomic E-state index is 12.6. The quantitative estimate of drug-likeness (QED) is 0.627. The van der Waals surface area contributed by atoms with Gasteiger partial charge in [-0.15, -0.1) is 0 Å². The van der Waals surface area contributed by atoms with Gasteiger partial charge >= 0.3 is 12.0 Å². The molecule has 3 amide bonds. The van der Waals surface area contributed by atoms with Crippen LogP contribution in [0.1, 0.15) is 10.5 Å². The van der Waals surface area contributed by atoms with Crippen LogP contribution >= 0.6 is 11.6 Å². The SMILES string of the molecule is CNC(=O)NC(=O)COC(=O)c1cc(-c2ccc(Cl)cc2)nn1-c1ccccc1. The average molecular weight is 413 g/mol. The summed E-state index contributed by atoms with van der Waals surface area (Å²) in [5, 5.41) is 9.33. The molecule has 9 heteroatoms. The van der Waals surface area contributed by atoms with E-state index in [2.05, 4.69) is 10.4 Å². The van der Waals surface area contributed by atoms with Gasteiger partial charge in [0.15, 0.2) is 12.3 Å². The molecule has 3 aromatic rings. The Bertz CT molecular complexity index is 1030. The molecule has 0 saturated heterocycles. The lowest BCUT2D eigenvalue weighted by molar-refractivity contribution is -0.123. The normalized spacial score (nSPS) is 10.3. The average Bonchev–Trinajstić information content (AvgIpc) is 3.18. The fraction of sp³-hybridized carbons (Fsp3) is 0.100. The molecule has 1 aromatic heterocycles. The Morgan fingerprint density at radius 2 is 1.76 bits per heavy atom. The number of nitrogens with one attached hydrogen (secondary N) is 2. The predicted octanol–water partition coefficient (Wildman–Crippen LogP) is 2.81. The molecule has 3 rings (SSSR count). The lowest BCUT2D eigenvalue weighted by Crippen LogP contribution is -2.39. The Hall–Kier alpha value is -3.65. The second-order valence-electron chi connectivity index (χ2n) is 5.87. The molecule has 1 heterocycles. The Morgan fingerprint density at radius 3 is 2.41 bits per heavy atom. The van der Waals surface area contributed by atoms with Crippen LogP contribution in [-0.4, -0.2) is 41.3 Å². The van der Waals surface area contributed by atoms with E-state index in [1.807, 2.05) is 23.5 Å². The molecule has 0 unspecified atom stereocenters. The number of rotatable bonds is 5. The van der Waals surface area contributed by atoms with Gasteiger partial charge in [-0.1, -0.05) is 41.9 Å². The first-order valence-electron chi connectivity index (χ1n) is 8.58. The molecular weight excluding hydrogens is 396 g/mol. The van der Waals surface area contributed by atoms with Crippen molar-refractivity contribution in [3.8, 4) is 16.9 Å². The molecule has 29 heavy (non-hydrogen) atoms. The van der Waals surface area contributed by atoms with E-state index in [9.17, 15) is 14.4 Å². The van der Waals surface area contributed by atoms with E-state index in [1.165, 1.54) is 11.7 Å². The molecule has 0 aliphatic carbocycles. The predicted molar refractivity (Wildman–Crippen MR) is 107 cm³/mol. The van der Waals surface area contributed by atoms with Crippen molar-refractivity contribution in [2.24, 2.45) is 0 Å². The van der Waals surface area contributed by atoms with Gasteiger partial charge in [-0.05, 0) is 30.3 Å². The number of amides is 3. The third-order valence-electron chi connectivity index (χ3n) is 3.87. The summed E-state index contributed by atoms with van der Waals surface area (Å²) >= 11 is 5.93. The zero-order valence-corrected chi connectivity index (χ0v) is 16.1. The number of hydrogen-bond donors (Lipinski definition) is 2. The Kier molecular flexibility index (Phi) is 6.25. The van der Waals surface area contributed by atoms with E-state index in [-0.39, 0.29) is 5.69 Å². The van der Waals surface area contributed by atoms with Gasteiger partial charge in [0.25, 0.3) is 5.91 Å². The minimum atomic E-state index is -0.756. The summed E-state index contributed by atoms with van der Waals surface area (Å²) < 4.78 is 6.49. The van der Waals surface area contributed by atoms with Gasteiger partial charge in [-0.2, -0.15) is 5.10 Å². The van der Waals surface area contributed by atoms with Crippen LogP contribution in [-0.2, 0) is 9.53 Å². The summed E-state index contributed by atoms with van der Waals surface area (Å²) in [5.41, 5.74) is 2.08. The van der Waals surface area contributed by atoms with E-state index in [1.54, 1.807) is 42.5 Å². The van der Waals surface area contributed by atoms with Crippen LogP contribution in [0, 0.1) is 0 Å². The molecular formula is C20H17ClN4O4. The molecule has 0 bridgehead atoms. The standard InChI is InChI=1S/C20H17ClN4O4/c1-22-20(28)23-18(26)12-29-19(27)17-11-16(13-7-9-14(21)10-8-13)24-25(17)15-5-3-2-4-6-15/h2-11H,12H2,1H3,(H2,22,23,26,28). The number of carbonyl (C=O) groups is 3. The topological polar surface area (TPSA) is 102 Å². The second-order valence-corrected chi connectivity index (χ2v) is 6.31. The smallest absolute Gasteiger partial charge is 0.357 e. The first-order chi connectivity index (χ1) is 14.0. The van der Waals surface area contributed by atoms with Crippen LogP contribution < -0.4 is 10.6 Å². The van der Waals surface area contributed by atoms with Gasteiger partial charge in [-0.25, -0.2) is 14.3 Å². The molecule has 2 N–H and O–H groups in total. The molecule has 0 radical (unpaired) electrons. The number of esters is 1. The second kappa shape index (κ2) is 9.03. The van der Waals surface area contributed by atoms with Gasteiger partial charge in [0, 0.05) is 17.6 Å². The zero-order valence-electron chi connectivity index (χ0n) is 15.4. The number of benzene rings is 2. The van der Waals surface area contributed by atoms with Crippen molar-refractivity contribution in [3.05, 3.63) is 71.4 Å². The van der Waals surface area contributed by atoms with Crippen molar-refractivity contribution in [2.75, 3.05) is 13.7 Å². The third-order valence-corrected chi connectivity index (χ3v) is 4.13. The Labute approximate surface area is 171 Å². The zero-order chi connectivity index (χ0) is 20.8. The van der Waals surface area contributed by atoms with Crippen LogP contribution in [0.15, 0.2) is 60.7 Å². The Morgan fingerprint density at radius 1 is 1.07 bits per heavy atom. The van der Waals surface area contributed by atoms with Gasteiger partial charge in [0.1, 0.15) is 0 Å². The molecule has 0 saturated carbocycles. The number of hydrogen-bond acceptors (Lipinski definition) is 5. The van der Waals surface area contributed by atoms with Crippen molar-refractivity contribution < 1.29 is 19.1 Å². The summed E-state index contributed by atoms with van der Waals surface area (Å²) in [5.74, 6) is -1.50. The number of carbonyl (C=O) groups excluding carboxylic acids is 3. The largest absolute Gasteiger partial charge is 0.451 e. The summed E-state index contributed by atoms with van der Waals surface area (Å²) in [7, 11) is 1.37. The van der Waals surface area contributed by atoms with Crippen molar-refractivity contribution in [1.82, 2.24) is 20.4 Å². The van der Waals surface area contributed by atoms with Gasteiger partial charge in [0.05, 0.1) is 11.4 Å². The lowest BCUT2D eigenvalue weighted by Gasteiger charge is -2.08. The monoisotopic (exact) mass is 412 g/mol. The number of urea groups is 1. The first-order valence-corrected chi connectivity index (χ1v) is 8.96. The summed E-state index contributed by atoms with van der Waals surface area (Å²) in [6, 6.07) is 16.9. The number of nitrogens with zero attached hydrogens (tertiary/aromatic N) is 2. The molecule has 0 fully saturated rings. The van der Waals surface area contributed by atoms with Crippen LogP contribution in [0.25, 0.3) is 16.9 Å². The first kappa shape index (κ1) is 20.1. The molecule has 148 valence electrons. The van der Waals surface area contributed by atoms with Crippen molar-refractivity contribution >= 4 is 29.5 Å². The highest BCUT2D eigenvalue weighted by molar-refractivity contribution is 6.30. The highest BCUT2D eigenvalue weighted by Gasteiger charge is 2.20. The maximum atomic E-state index is 12.6. The molecule has 0 aliphatic rings. The van der Waals surface area contributed by atoms with E-state index in [0.717, 1.165) is 5.56 Å². The van der Waals surface area contributed by atoms with Crippen LogP contribution in [0.4, 0.5) is 4.79 Å². The fourth-order valence-electron chi connectivity index (χ4n) is 2.48. The molecule has 0 atom stereocenters. The van der Waals surface area contributed by atoms with Gasteiger partial charge < -0.3 is 10.1 Å². The van der Waals surface area contributed by atoms with E-state index in [4.69, 9.17) is 16.3 Å². The summed E-state index contributed by atoms with van der Waals surface area (Å²) in [6.07, 6.45) is 0. The number of ether oxygens (including phenoxy) is 1. The number of para-hydroxylation sites is 1. The van der Waals surface area contributed by atoms with E-state index in [0.29, 0.717) is 16.4 Å². The van der Waals surface area contributed by atoms with Crippen LogP contribution in [0.2, 0.25) is 5.02 Å². The summed E-state index contributed by atoms with van der Waals surface area (Å²) in [6.45, 7) is -0.609. The van der Waals surface area contributed by atoms with Gasteiger partial charge in [-0.3, -0.25) is 10.1 Å². The van der Waals surface area contributed by atoms with Crippen molar-refractivity contribution in [3.63, 3.8) is 0 Å². The van der Waals surface area contributed by atoms with E-state index < -0.39 is 24.5 Å². The molecule has 8 nitrogen and oxygen atoms in total. The number of halogens is 1. The van der Waals surface area contributed by atoms with E-state index >= 15 is 0 Å². The third kappa shape index (κ3) is 4.99. The Balaban J connectivity index is 1.87. The molecule has 0 spiro atoms. The number of imide groups is 1.